The van der Waals surface area contributed by atoms with Crippen LogP contribution in [0.4, 0.5) is 0 Å². The highest BCUT2D eigenvalue weighted by Crippen LogP contribution is 2.25. The minimum absolute atomic E-state index is 0.142. The smallest absolute Gasteiger partial charge is 0.257 e. The lowest BCUT2D eigenvalue weighted by Crippen LogP contribution is -2.44. The van der Waals surface area contributed by atoms with Gasteiger partial charge in [0.2, 0.25) is 0 Å². The summed E-state index contributed by atoms with van der Waals surface area (Å²) < 4.78 is 1.80. The lowest BCUT2D eigenvalue weighted by molar-refractivity contribution is 0.0600. The van der Waals surface area contributed by atoms with Crippen molar-refractivity contribution >= 4 is 5.91 Å². The molecule has 1 aliphatic heterocycles. The molecular formula is C19H26N4O. The van der Waals surface area contributed by atoms with Gasteiger partial charge in [-0.3, -0.25) is 14.5 Å². The summed E-state index contributed by atoms with van der Waals surface area (Å²) >= 11 is 0. The van der Waals surface area contributed by atoms with E-state index in [2.05, 4.69) is 21.0 Å². The third kappa shape index (κ3) is 3.35. The monoisotopic (exact) mass is 326 g/mol. The number of hydrogen-bond acceptors (Lipinski definition) is 3. The van der Waals surface area contributed by atoms with Gasteiger partial charge in [-0.2, -0.15) is 5.10 Å². The highest BCUT2D eigenvalue weighted by Gasteiger charge is 2.30. The Morgan fingerprint density at radius 2 is 2.12 bits per heavy atom. The summed E-state index contributed by atoms with van der Waals surface area (Å²) in [6.07, 6.45) is 7.09. The summed E-state index contributed by atoms with van der Waals surface area (Å²) in [4.78, 5) is 19.6. The van der Waals surface area contributed by atoms with E-state index < -0.39 is 0 Å². The van der Waals surface area contributed by atoms with E-state index in [-0.39, 0.29) is 5.91 Å². The van der Waals surface area contributed by atoms with E-state index in [0.717, 1.165) is 54.9 Å². The summed E-state index contributed by atoms with van der Waals surface area (Å²) in [5.41, 5.74) is 3.66. The number of likely N-dealkylation sites (tertiary alicyclic amines) is 1. The van der Waals surface area contributed by atoms with Crippen molar-refractivity contribution in [3.05, 3.63) is 47.0 Å². The molecule has 1 fully saturated rings. The van der Waals surface area contributed by atoms with Crippen LogP contribution in [0, 0.1) is 13.8 Å². The first kappa shape index (κ1) is 16.7. The molecule has 0 N–H and O–H groups in total. The van der Waals surface area contributed by atoms with Crippen LogP contribution in [0.5, 0.6) is 0 Å². The normalized spacial score (nSPS) is 18.0. The molecule has 2 aromatic rings. The fourth-order valence-electron chi connectivity index (χ4n) is 3.66. The molecule has 1 amide bonds. The molecule has 2 aromatic heterocycles. The Kier molecular flexibility index (Phi) is 4.97. The summed E-state index contributed by atoms with van der Waals surface area (Å²) in [6, 6.07) is 6.32. The topological polar surface area (TPSA) is 51.0 Å². The molecule has 5 nitrogen and oxygen atoms in total. The summed E-state index contributed by atoms with van der Waals surface area (Å²) in [7, 11) is 1.90. The maximum atomic E-state index is 13.1. The van der Waals surface area contributed by atoms with Gasteiger partial charge in [0, 0.05) is 37.2 Å². The molecule has 5 heteroatoms. The minimum atomic E-state index is 0.142. The molecule has 3 rings (SSSR count). The molecule has 128 valence electrons. The number of piperidine rings is 1. The van der Waals surface area contributed by atoms with Crippen LogP contribution in [0.25, 0.3) is 0 Å². The number of rotatable bonds is 4. The van der Waals surface area contributed by atoms with Crippen molar-refractivity contribution in [2.75, 3.05) is 6.54 Å². The Balaban J connectivity index is 1.75. The van der Waals surface area contributed by atoms with Crippen molar-refractivity contribution in [1.29, 1.82) is 0 Å². The maximum Gasteiger partial charge on any atom is 0.257 e. The van der Waals surface area contributed by atoms with E-state index in [4.69, 9.17) is 0 Å². The SMILES string of the molecule is Cc1nn(C)c(C)c1C(=O)N1CCCC[C@@H]1CCc1ccccn1. The zero-order valence-electron chi connectivity index (χ0n) is 14.8. The van der Waals surface area contributed by atoms with Gasteiger partial charge < -0.3 is 4.90 Å². The van der Waals surface area contributed by atoms with Crippen molar-refractivity contribution in [3.63, 3.8) is 0 Å². The Morgan fingerprint density at radius 1 is 1.29 bits per heavy atom. The number of carbonyl (C=O) groups excluding carboxylic acids is 1. The molecule has 0 radical (unpaired) electrons. The van der Waals surface area contributed by atoms with Crippen molar-refractivity contribution in [2.45, 2.75) is 52.0 Å². The Morgan fingerprint density at radius 3 is 2.79 bits per heavy atom. The van der Waals surface area contributed by atoms with E-state index in [9.17, 15) is 4.79 Å². The second kappa shape index (κ2) is 7.16. The Bertz CT molecular complexity index is 708. The lowest BCUT2D eigenvalue weighted by atomic mass is 9.96. The van der Waals surface area contributed by atoms with E-state index >= 15 is 0 Å². The predicted octanol–water partition coefficient (Wildman–Crippen LogP) is 3.06. The molecule has 1 aliphatic rings. The third-order valence-corrected chi connectivity index (χ3v) is 5.07. The van der Waals surface area contributed by atoms with Crippen LogP contribution in [0.2, 0.25) is 0 Å². The summed E-state index contributed by atoms with van der Waals surface area (Å²) in [5, 5.41) is 4.40. The standard InChI is InChI=1S/C19H26N4O/c1-14-18(15(2)22(3)21-14)19(24)23-13-7-5-9-17(23)11-10-16-8-4-6-12-20-16/h4,6,8,12,17H,5,7,9-11,13H2,1-3H3/t17-/m1/s1. The molecule has 0 saturated carbocycles. The van der Waals surface area contributed by atoms with Crippen LogP contribution < -0.4 is 0 Å². The van der Waals surface area contributed by atoms with Crippen LogP contribution in [-0.4, -0.2) is 38.2 Å². The molecule has 1 saturated heterocycles. The van der Waals surface area contributed by atoms with E-state index in [1.807, 2.05) is 39.2 Å². The molecule has 0 aromatic carbocycles. The Labute approximate surface area is 143 Å². The van der Waals surface area contributed by atoms with Crippen molar-refractivity contribution in [2.24, 2.45) is 7.05 Å². The fourth-order valence-corrected chi connectivity index (χ4v) is 3.66. The number of nitrogens with zero attached hydrogens (tertiary/aromatic N) is 4. The van der Waals surface area contributed by atoms with Crippen LogP contribution in [0.15, 0.2) is 24.4 Å². The van der Waals surface area contributed by atoms with E-state index in [0.29, 0.717) is 6.04 Å². The van der Waals surface area contributed by atoms with E-state index in [1.54, 1.807) is 4.68 Å². The molecule has 0 aliphatic carbocycles. The number of carbonyl (C=O) groups is 1. The van der Waals surface area contributed by atoms with Crippen molar-refractivity contribution in [3.8, 4) is 0 Å². The summed E-state index contributed by atoms with van der Waals surface area (Å²) in [5.74, 6) is 0.142. The third-order valence-electron chi connectivity index (χ3n) is 5.07. The molecule has 3 heterocycles. The average Bonchev–Trinajstić information content (AvgIpc) is 2.86. The second-order valence-corrected chi connectivity index (χ2v) is 6.68. The zero-order chi connectivity index (χ0) is 17.1. The quantitative estimate of drug-likeness (QED) is 0.867. The largest absolute Gasteiger partial charge is 0.336 e. The van der Waals surface area contributed by atoms with Crippen LogP contribution >= 0.6 is 0 Å². The first-order valence-corrected chi connectivity index (χ1v) is 8.79. The fraction of sp³-hybridized carbons (Fsp3) is 0.526. The Hall–Kier alpha value is -2.17. The molecule has 1 atom stereocenters. The number of aromatic nitrogens is 3. The predicted molar refractivity (Wildman–Crippen MR) is 93.9 cm³/mol. The summed E-state index contributed by atoms with van der Waals surface area (Å²) in [6.45, 7) is 4.74. The van der Waals surface area contributed by atoms with E-state index in [1.165, 1.54) is 6.42 Å². The van der Waals surface area contributed by atoms with Gasteiger partial charge in [-0.25, -0.2) is 0 Å². The van der Waals surface area contributed by atoms with Gasteiger partial charge in [0.05, 0.1) is 11.3 Å². The first-order chi connectivity index (χ1) is 11.6. The number of amides is 1. The van der Waals surface area contributed by atoms with Gasteiger partial charge in [0.1, 0.15) is 0 Å². The van der Waals surface area contributed by atoms with Crippen LogP contribution in [0.3, 0.4) is 0 Å². The van der Waals surface area contributed by atoms with Crippen LogP contribution in [-0.2, 0) is 13.5 Å². The first-order valence-electron chi connectivity index (χ1n) is 8.79. The lowest BCUT2D eigenvalue weighted by Gasteiger charge is -2.36. The molecular weight excluding hydrogens is 300 g/mol. The van der Waals surface area contributed by atoms with Gasteiger partial charge in [-0.15, -0.1) is 0 Å². The number of pyridine rings is 1. The highest BCUT2D eigenvalue weighted by molar-refractivity contribution is 5.96. The zero-order valence-corrected chi connectivity index (χ0v) is 14.8. The molecule has 0 unspecified atom stereocenters. The van der Waals surface area contributed by atoms with Gasteiger partial charge in [0.15, 0.2) is 0 Å². The van der Waals surface area contributed by atoms with Gasteiger partial charge in [-0.1, -0.05) is 6.07 Å². The van der Waals surface area contributed by atoms with Crippen molar-refractivity contribution in [1.82, 2.24) is 19.7 Å². The molecule has 0 bridgehead atoms. The number of aryl methyl sites for hydroxylation is 3. The van der Waals surface area contributed by atoms with Gasteiger partial charge in [-0.05, 0) is 58.1 Å². The van der Waals surface area contributed by atoms with Gasteiger partial charge in [0.25, 0.3) is 5.91 Å². The number of hydrogen-bond donors (Lipinski definition) is 0. The second-order valence-electron chi connectivity index (χ2n) is 6.68. The minimum Gasteiger partial charge on any atom is -0.336 e. The maximum absolute atomic E-state index is 13.1. The molecule has 0 spiro atoms. The molecule has 24 heavy (non-hydrogen) atoms. The average molecular weight is 326 g/mol. The van der Waals surface area contributed by atoms with Crippen molar-refractivity contribution < 1.29 is 4.79 Å². The van der Waals surface area contributed by atoms with Crippen LogP contribution in [0.1, 0.15) is 53.1 Å². The highest BCUT2D eigenvalue weighted by atomic mass is 16.2. The van der Waals surface area contributed by atoms with Gasteiger partial charge >= 0.3 is 0 Å².